The molecule has 120 valence electrons. The average molecular weight is 304 g/mol. The molecule has 0 saturated carbocycles. The van der Waals surface area contributed by atoms with Gasteiger partial charge in [-0.1, -0.05) is 12.1 Å². The second-order valence-electron chi connectivity index (χ2n) is 5.47. The summed E-state index contributed by atoms with van der Waals surface area (Å²) in [6.07, 6.45) is 1.40. The third-order valence-corrected chi connectivity index (χ3v) is 3.63. The number of hydrogen-bond donors (Lipinski definition) is 3. The van der Waals surface area contributed by atoms with Gasteiger partial charge >= 0.3 is 6.03 Å². The third-order valence-electron chi connectivity index (χ3n) is 3.63. The number of rotatable bonds is 7. The zero-order valence-electron chi connectivity index (χ0n) is 13.2. The van der Waals surface area contributed by atoms with Crippen LogP contribution in [0, 0.1) is 6.92 Å². The number of imidazole rings is 1. The SMILES string of the molecule is Cc1nc2ccccc2n1CCCNC(=O)N[C@H](C)CCO. The Morgan fingerprint density at radius 3 is 2.95 bits per heavy atom. The molecule has 2 amide bonds. The highest BCUT2D eigenvalue weighted by Crippen LogP contribution is 2.15. The van der Waals surface area contributed by atoms with E-state index < -0.39 is 0 Å². The predicted octanol–water partition coefficient (Wildman–Crippen LogP) is 1.80. The number of nitrogens with zero attached hydrogens (tertiary/aromatic N) is 2. The number of urea groups is 1. The quantitative estimate of drug-likeness (QED) is 0.683. The lowest BCUT2D eigenvalue weighted by Crippen LogP contribution is -2.41. The molecule has 0 bridgehead atoms. The summed E-state index contributed by atoms with van der Waals surface area (Å²) in [5.41, 5.74) is 2.13. The van der Waals surface area contributed by atoms with Crippen molar-refractivity contribution in [3.8, 4) is 0 Å². The normalized spacial score (nSPS) is 12.3. The van der Waals surface area contributed by atoms with Crippen LogP contribution in [0.15, 0.2) is 24.3 Å². The summed E-state index contributed by atoms with van der Waals surface area (Å²) in [7, 11) is 0. The van der Waals surface area contributed by atoms with Crippen molar-refractivity contribution in [2.24, 2.45) is 0 Å². The summed E-state index contributed by atoms with van der Waals surface area (Å²) >= 11 is 0. The van der Waals surface area contributed by atoms with Gasteiger partial charge in [-0.25, -0.2) is 9.78 Å². The van der Waals surface area contributed by atoms with Crippen LogP contribution in [0.3, 0.4) is 0 Å². The number of aliphatic hydroxyl groups excluding tert-OH is 1. The Labute approximate surface area is 130 Å². The lowest BCUT2D eigenvalue weighted by atomic mass is 10.2. The zero-order chi connectivity index (χ0) is 15.9. The molecule has 1 heterocycles. The fourth-order valence-electron chi connectivity index (χ4n) is 2.46. The van der Waals surface area contributed by atoms with Gasteiger partial charge in [0.1, 0.15) is 5.82 Å². The number of hydrogen-bond acceptors (Lipinski definition) is 3. The Kier molecular flexibility index (Phi) is 5.77. The Hall–Kier alpha value is -2.08. The first-order valence-corrected chi connectivity index (χ1v) is 7.69. The van der Waals surface area contributed by atoms with Crippen LogP contribution in [-0.4, -0.2) is 39.9 Å². The number of fused-ring (bicyclic) bond motifs is 1. The maximum absolute atomic E-state index is 11.6. The average Bonchev–Trinajstić information content (AvgIpc) is 2.79. The van der Waals surface area contributed by atoms with Crippen LogP contribution in [-0.2, 0) is 6.54 Å². The topological polar surface area (TPSA) is 79.2 Å². The van der Waals surface area contributed by atoms with Crippen molar-refractivity contribution in [2.45, 2.75) is 39.3 Å². The van der Waals surface area contributed by atoms with Gasteiger partial charge in [0.25, 0.3) is 0 Å². The molecular weight excluding hydrogens is 280 g/mol. The highest BCUT2D eigenvalue weighted by atomic mass is 16.3. The molecule has 6 nitrogen and oxygen atoms in total. The summed E-state index contributed by atoms with van der Waals surface area (Å²) in [6.45, 7) is 5.37. The van der Waals surface area contributed by atoms with Crippen LogP contribution in [0.1, 0.15) is 25.6 Å². The highest BCUT2D eigenvalue weighted by Gasteiger charge is 2.07. The minimum absolute atomic E-state index is 0.0233. The van der Waals surface area contributed by atoms with Gasteiger partial charge in [0.2, 0.25) is 0 Å². The molecule has 0 aliphatic rings. The fourth-order valence-corrected chi connectivity index (χ4v) is 2.46. The van der Waals surface area contributed by atoms with Crippen molar-refractivity contribution in [1.82, 2.24) is 20.2 Å². The number of nitrogens with one attached hydrogen (secondary N) is 2. The van der Waals surface area contributed by atoms with Crippen molar-refractivity contribution in [1.29, 1.82) is 0 Å². The number of aryl methyl sites for hydroxylation is 2. The van der Waals surface area contributed by atoms with Gasteiger partial charge < -0.3 is 20.3 Å². The van der Waals surface area contributed by atoms with E-state index in [2.05, 4.69) is 26.3 Å². The molecule has 0 aliphatic carbocycles. The van der Waals surface area contributed by atoms with Crippen LogP contribution in [0.5, 0.6) is 0 Å². The molecular formula is C16H24N4O2. The predicted molar refractivity (Wildman–Crippen MR) is 86.8 cm³/mol. The van der Waals surface area contributed by atoms with Gasteiger partial charge in [-0.15, -0.1) is 0 Å². The summed E-state index contributed by atoms with van der Waals surface area (Å²) in [6, 6.07) is 7.85. The van der Waals surface area contributed by atoms with E-state index in [1.165, 1.54) is 0 Å². The van der Waals surface area contributed by atoms with Crippen LogP contribution >= 0.6 is 0 Å². The third kappa shape index (κ3) is 4.21. The number of aliphatic hydroxyl groups is 1. The maximum Gasteiger partial charge on any atom is 0.314 e. The minimum atomic E-state index is -0.187. The Balaban J connectivity index is 1.79. The number of para-hydroxylation sites is 2. The number of carbonyl (C=O) groups is 1. The molecule has 0 spiro atoms. The molecule has 0 unspecified atom stereocenters. The molecule has 2 rings (SSSR count). The van der Waals surface area contributed by atoms with Gasteiger partial charge in [-0.3, -0.25) is 0 Å². The molecule has 1 atom stereocenters. The number of aromatic nitrogens is 2. The second-order valence-corrected chi connectivity index (χ2v) is 5.47. The largest absolute Gasteiger partial charge is 0.396 e. The van der Waals surface area contributed by atoms with E-state index in [1.807, 2.05) is 32.0 Å². The summed E-state index contributed by atoms with van der Waals surface area (Å²) < 4.78 is 2.17. The second kappa shape index (κ2) is 7.79. The van der Waals surface area contributed by atoms with Crippen molar-refractivity contribution < 1.29 is 9.90 Å². The van der Waals surface area contributed by atoms with Crippen LogP contribution in [0.25, 0.3) is 11.0 Å². The summed E-state index contributed by atoms with van der Waals surface area (Å²) in [4.78, 5) is 16.2. The Morgan fingerprint density at radius 1 is 1.41 bits per heavy atom. The highest BCUT2D eigenvalue weighted by molar-refractivity contribution is 5.76. The van der Waals surface area contributed by atoms with E-state index in [0.29, 0.717) is 13.0 Å². The minimum Gasteiger partial charge on any atom is -0.396 e. The van der Waals surface area contributed by atoms with Gasteiger partial charge in [-0.05, 0) is 38.8 Å². The van der Waals surface area contributed by atoms with E-state index in [0.717, 1.165) is 29.8 Å². The standard InChI is InChI=1S/C16H24N4O2/c1-12(8-11-21)18-16(22)17-9-5-10-20-13(2)19-14-6-3-4-7-15(14)20/h3-4,6-7,12,21H,5,8-11H2,1-2H3,(H2,17,18,22)/t12-/m1/s1. The van der Waals surface area contributed by atoms with E-state index in [9.17, 15) is 4.79 Å². The molecule has 22 heavy (non-hydrogen) atoms. The van der Waals surface area contributed by atoms with Gasteiger partial charge in [0.15, 0.2) is 0 Å². The van der Waals surface area contributed by atoms with E-state index in [-0.39, 0.29) is 18.7 Å². The molecule has 0 radical (unpaired) electrons. The smallest absolute Gasteiger partial charge is 0.314 e. The fraction of sp³-hybridized carbons (Fsp3) is 0.500. The molecule has 1 aromatic carbocycles. The van der Waals surface area contributed by atoms with Gasteiger partial charge in [-0.2, -0.15) is 0 Å². The van der Waals surface area contributed by atoms with Crippen LogP contribution in [0.2, 0.25) is 0 Å². The van der Waals surface area contributed by atoms with Crippen molar-refractivity contribution >= 4 is 17.1 Å². The molecule has 1 aromatic heterocycles. The molecule has 0 aliphatic heterocycles. The first-order valence-electron chi connectivity index (χ1n) is 7.69. The lowest BCUT2D eigenvalue weighted by Gasteiger charge is -2.13. The van der Waals surface area contributed by atoms with Crippen molar-refractivity contribution in [3.63, 3.8) is 0 Å². The van der Waals surface area contributed by atoms with Crippen LogP contribution < -0.4 is 10.6 Å². The summed E-state index contributed by atoms with van der Waals surface area (Å²) in [5.74, 6) is 0.988. The zero-order valence-corrected chi connectivity index (χ0v) is 13.2. The maximum atomic E-state index is 11.6. The molecule has 3 N–H and O–H groups in total. The van der Waals surface area contributed by atoms with Gasteiger partial charge in [0.05, 0.1) is 11.0 Å². The Morgan fingerprint density at radius 2 is 2.18 bits per heavy atom. The molecule has 0 fully saturated rings. The van der Waals surface area contributed by atoms with Crippen LogP contribution in [0.4, 0.5) is 4.79 Å². The van der Waals surface area contributed by atoms with Crippen molar-refractivity contribution in [3.05, 3.63) is 30.1 Å². The molecule has 2 aromatic rings. The monoisotopic (exact) mass is 304 g/mol. The van der Waals surface area contributed by atoms with Gasteiger partial charge in [0, 0.05) is 25.7 Å². The Bertz CT molecular complexity index is 624. The number of carbonyl (C=O) groups excluding carboxylic acids is 1. The first kappa shape index (κ1) is 16.3. The molecule has 0 saturated heterocycles. The first-order chi connectivity index (χ1) is 10.6. The lowest BCUT2D eigenvalue weighted by molar-refractivity contribution is 0.231. The summed E-state index contributed by atoms with van der Waals surface area (Å²) in [5, 5.41) is 14.4. The van der Waals surface area contributed by atoms with E-state index >= 15 is 0 Å². The van der Waals surface area contributed by atoms with E-state index in [4.69, 9.17) is 5.11 Å². The molecule has 6 heteroatoms. The number of benzene rings is 1. The van der Waals surface area contributed by atoms with Crippen molar-refractivity contribution in [2.75, 3.05) is 13.2 Å². The van der Waals surface area contributed by atoms with E-state index in [1.54, 1.807) is 0 Å². The number of amides is 2.